The first-order valence-corrected chi connectivity index (χ1v) is 8.09. The van der Waals surface area contributed by atoms with Crippen molar-refractivity contribution in [3.8, 4) is 0 Å². The Morgan fingerprint density at radius 2 is 2.00 bits per heavy atom. The molecule has 1 saturated heterocycles. The third-order valence-electron chi connectivity index (χ3n) is 3.06. The van der Waals surface area contributed by atoms with Crippen molar-refractivity contribution in [3.63, 3.8) is 0 Å². The fourth-order valence-electron chi connectivity index (χ4n) is 1.99. The van der Waals surface area contributed by atoms with Gasteiger partial charge in [0.2, 0.25) is 10.0 Å². The first-order valence-electron chi connectivity index (χ1n) is 5.84. The number of aromatic nitrogens is 1. The minimum Gasteiger partial charge on any atom is -0.389 e. The van der Waals surface area contributed by atoms with Crippen LogP contribution >= 0.6 is 12.2 Å². The minimum absolute atomic E-state index is 0.332. The number of thiocarbonyl (C=S) groups is 1. The second-order valence-electron chi connectivity index (χ2n) is 4.42. The summed E-state index contributed by atoms with van der Waals surface area (Å²) in [6, 6.07) is 3.59. The maximum Gasteiger partial charge on any atom is 0.211 e. The van der Waals surface area contributed by atoms with Gasteiger partial charge in [0.1, 0.15) is 10.8 Å². The number of sulfonamides is 1. The summed E-state index contributed by atoms with van der Waals surface area (Å²) < 4.78 is 24.3. The summed E-state index contributed by atoms with van der Waals surface area (Å²) in [4.78, 5) is 6.64. The van der Waals surface area contributed by atoms with Gasteiger partial charge in [-0.15, -0.1) is 0 Å². The van der Waals surface area contributed by atoms with E-state index in [4.69, 9.17) is 18.0 Å². The number of nitrogens with zero attached hydrogens (tertiary/aromatic N) is 3. The Hall–Kier alpha value is -1.25. The van der Waals surface area contributed by atoms with Crippen LogP contribution in [0.5, 0.6) is 0 Å². The van der Waals surface area contributed by atoms with Gasteiger partial charge in [-0.1, -0.05) is 12.2 Å². The van der Waals surface area contributed by atoms with Crippen LogP contribution in [-0.2, 0) is 10.0 Å². The molecule has 1 aliphatic rings. The maximum atomic E-state index is 11.4. The van der Waals surface area contributed by atoms with Crippen molar-refractivity contribution < 1.29 is 8.42 Å². The molecule has 2 N–H and O–H groups in total. The van der Waals surface area contributed by atoms with E-state index >= 15 is 0 Å². The number of nitrogens with two attached hydrogens (primary N) is 1. The summed E-state index contributed by atoms with van der Waals surface area (Å²) in [5.41, 5.74) is 6.36. The van der Waals surface area contributed by atoms with Crippen LogP contribution in [0.1, 0.15) is 5.56 Å². The summed E-state index contributed by atoms with van der Waals surface area (Å²) >= 11 is 4.93. The Balaban J connectivity index is 2.10. The van der Waals surface area contributed by atoms with E-state index in [0.717, 1.165) is 11.4 Å². The molecule has 0 atom stereocenters. The zero-order valence-corrected chi connectivity index (χ0v) is 12.2. The molecule has 2 heterocycles. The van der Waals surface area contributed by atoms with Gasteiger partial charge in [0.15, 0.2) is 0 Å². The topological polar surface area (TPSA) is 79.5 Å². The van der Waals surface area contributed by atoms with Gasteiger partial charge in [-0.05, 0) is 12.1 Å². The molecule has 2 rings (SSSR count). The van der Waals surface area contributed by atoms with Gasteiger partial charge in [-0.2, -0.15) is 4.31 Å². The Kier molecular flexibility index (Phi) is 4.02. The lowest BCUT2D eigenvalue weighted by atomic mass is 10.2. The average molecular weight is 300 g/mol. The van der Waals surface area contributed by atoms with Crippen LogP contribution in [0, 0.1) is 0 Å². The molecular formula is C11H16N4O2S2. The molecule has 0 unspecified atom stereocenters. The van der Waals surface area contributed by atoms with Crippen molar-refractivity contribution >= 4 is 33.0 Å². The zero-order valence-electron chi connectivity index (χ0n) is 10.6. The van der Waals surface area contributed by atoms with Gasteiger partial charge in [0.05, 0.1) is 6.26 Å². The van der Waals surface area contributed by atoms with Gasteiger partial charge >= 0.3 is 0 Å². The molecule has 0 radical (unpaired) electrons. The second-order valence-corrected chi connectivity index (χ2v) is 6.84. The normalized spacial score (nSPS) is 17.4. The Morgan fingerprint density at radius 1 is 1.37 bits per heavy atom. The molecule has 0 bridgehead atoms. The third-order valence-corrected chi connectivity index (χ3v) is 4.60. The number of anilines is 1. The van der Waals surface area contributed by atoms with E-state index in [0.29, 0.717) is 31.2 Å². The summed E-state index contributed by atoms with van der Waals surface area (Å²) in [6.07, 6.45) is 2.89. The van der Waals surface area contributed by atoms with E-state index in [9.17, 15) is 8.42 Å². The number of hydrogen-bond donors (Lipinski definition) is 1. The Bertz CT molecular complexity index is 580. The fourth-order valence-corrected chi connectivity index (χ4v) is 2.95. The molecule has 0 amide bonds. The van der Waals surface area contributed by atoms with Crippen molar-refractivity contribution in [2.45, 2.75) is 0 Å². The van der Waals surface area contributed by atoms with Crippen LogP contribution in [0.2, 0.25) is 0 Å². The minimum atomic E-state index is -3.11. The molecule has 0 aromatic carbocycles. The fraction of sp³-hybridized carbons (Fsp3) is 0.455. The summed E-state index contributed by atoms with van der Waals surface area (Å²) in [7, 11) is -3.11. The second kappa shape index (κ2) is 5.40. The highest BCUT2D eigenvalue weighted by Crippen LogP contribution is 2.16. The summed E-state index contributed by atoms with van der Waals surface area (Å²) in [5, 5.41) is 0. The van der Waals surface area contributed by atoms with Crippen LogP contribution < -0.4 is 10.6 Å². The van der Waals surface area contributed by atoms with Gasteiger partial charge in [0.25, 0.3) is 0 Å². The number of rotatable bonds is 3. The molecule has 104 valence electrons. The lowest BCUT2D eigenvalue weighted by Crippen LogP contribution is -2.48. The summed E-state index contributed by atoms with van der Waals surface area (Å²) in [5.74, 6) is 0.776. The molecule has 0 aliphatic carbocycles. The van der Waals surface area contributed by atoms with E-state index < -0.39 is 10.0 Å². The lowest BCUT2D eigenvalue weighted by Gasteiger charge is -2.34. The maximum absolute atomic E-state index is 11.4. The molecule has 8 heteroatoms. The number of piperazine rings is 1. The number of hydrogen-bond acceptors (Lipinski definition) is 5. The standard InChI is InChI=1S/C11H16N4O2S2/c1-19(16,17)15-6-4-14(5-7-15)10-8-9(11(12)18)2-3-13-10/h2-3,8H,4-7H2,1H3,(H2,12,18). The third kappa shape index (κ3) is 3.40. The van der Waals surface area contributed by atoms with Gasteiger partial charge in [0, 0.05) is 37.9 Å². The zero-order chi connectivity index (χ0) is 14.0. The molecular weight excluding hydrogens is 284 g/mol. The van der Waals surface area contributed by atoms with Crippen molar-refractivity contribution in [2.24, 2.45) is 5.73 Å². The first-order chi connectivity index (χ1) is 8.88. The molecule has 6 nitrogen and oxygen atoms in total. The van der Waals surface area contributed by atoms with E-state index in [1.807, 2.05) is 11.0 Å². The van der Waals surface area contributed by atoms with Crippen molar-refractivity contribution in [3.05, 3.63) is 23.9 Å². The predicted octanol–water partition coefficient (Wildman–Crippen LogP) is -0.203. The predicted molar refractivity (Wildman–Crippen MR) is 78.8 cm³/mol. The van der Waals surface area contributed by atoms with Crippen molar-refractivity contribution in [1.82, 2.24) is 9.29 Å². The molecule has 1 aromatic rings. The van der Waals surface area contributed by atoms with Gasteiger partial charge in [-0.3, -0.25) is 0 Å². The lowest BCUT2D eigenvalue weighted by molar-refractivity contribution is 0.387. The molecule has 1 aliphatic heterocycles. The highest BCUT2D eigenvalue weighted by Gasteiger charge is 2.24. The van der Waals surface area contributed by atoms with Crippen LogP contribution in [-0.4, -0.2) is 55.1 Å². The van der Waals surface area contributed by atoms with Crippen LogP contribution in [0.15, 0.2) is 18.3 Å². The SMILES string of the molecule is CS(=O)(=O)N1CCN(c2cc(C(N)=S)ccn2)CC1. The van der Waals surface area contributed by atoms with Crippen molar-refractivity contribution in [2.75, 3.05) is 37.3 Å². The first kappa shape index (κ1) is 14.2. The molecule has 0 spiro atoms. The van der Waals surface area contributed by atoms with Crippen molar-refractivity contribution in [1.29, 1.82) is 0 Å². The molecule has 19 heavy (non-hydrogen) atoms. The van der Waals surface area contributed by atoms with E-state index in [1.165, 1.54) is 10.6 Å². The quantitative estimate of drug-likeness (QED) is 0.779. The Labute approximate surface area is 118 Å². The van der Waals surface area contributed by atoms with Crippen LogP contribution in [0.4, 0.5) is 5.82 Å². The smallest absolute Gasteiger partial charge is 0.211 e. The van der Waals surface area contributed by atoms with Gasteiger partial charge in [-0.25, -0.2) is 13.4 Å². The summed E-state index contributed by atoms with van der Waals surface area (Å²) in [6.45, 7) is 2.16. The average Bonchev–Trinajstić information content (AvgIpc) is 2.38. The molecule has 0 saturated carbocycles. The monoisotopic (exact) mass is 300 g/mol. The highest BCUT2D eigenvalue weighted by atomic mass is 32.2. The molecule has 1 fully saturated rings. The number of pyridine rings is 1. The largest absolute Gasteiger partial charge is 0.389 e. The Morgan fingerprint density at radius 3 is 2.53 bits per heavy atom. The van der Waals surface area contributed by atoms with Gasteiger partial charge < -0.3 is 10.6 Å². The van der Waals surface area contributed by atoms with E-state index in [2.05, 4.69) is 4.98 Å². The van der Waals surface area contributed by atoms with E-state index in [1.54, 1.807) is 12.3 Å². The van der Waals surface area contributed by atoms with E-state index in [-0.39, 0.29) is 0 Å². The van der Waals surface area contributed by atoms with Crippen LogP contribution in [0.25, 0.3) is 0 Å². The van der Waals surface area contributed by atoms with Crippen LogP contribution in [0.3, 0.4) is 0 Å². The molecule has 1 aromatic heterocycles. The highest BCUT2D eigenvalue weighted by molar-refractivity contribution is 7.88.